The zero-order chi connectivity index (χ0) is 28.9. The molecule has 5 rings (SSSR count). The fourth-order valence-corrected chi connectivity index (χ4v) is 6.26. The van der Waals surface area contributed by atoms with Gasteiger partial charge in [-0.3, -0.25) is 4.79 Å². The number of carbonyl (C=O) groups is 1. The number of piperazine rings is 1. The first-order valence-corrected chi connectivity index (χ1v) is 14.6. The molecule has 1 aromatic heterocycles. The molecule has 4 heterocycles. The first kappa shape index (κ1) is 29.0. The van der Waals surface area contributed by atoms with Crippen LogP contribution in [0.5, 0.6) is 6.01 Å². The third-order valence-corrected chi connectivity index (χ3v) is 8.59. The normalized spacial score (nSPS) is 22.7. The quantitative estimate of drug-likeness (QED) is 0.429. The molecule has 10 heteroatoms. The Bertz CT molecular complexity index is 1310. The first-order chi connectivity index (χ1) is 19.9. The monoisotopic (exact) mass is 562 g/mol. The van der Waals surface area contributed by atoms with Crippen molar-refractivity contribution in [2.24, 2.45) is 0 Å². The molecule has 0 radical (unpaired) electrons. The Kier molecular flexibility index (Phi) is 9.15. The van der Waals surface area contributed by atoms with Crippen LogP contribution in [0.2, 0.25) is 0 Å². The Hall–Kier alpha value is -3.55. The van der Waals surface area contributed by atoms with E-state index < -0.39 is 0 Å². The van der Waals surface area contributed by atoms with Crippen LogP contribution in [-0.2, 0) is 35.4 Å². The molecule has 1 aromatic carbocycles. The highest BCUT2D eigenvalue weighted by Crippen LogP contribution is 2.31. The van der Waals surface area contributed by atoms with Gasteiger partial charge in [0.25, 0.3) is 0 Å². The van der Waals surface area contributed by atoms with Gasteiger partial charge >= 0.3 is 6.01 Å². The second-order valence-corrected chi connectivity index (χ2v) is 11.1. The number of likely N-dealkylation sites (tertiary alicyclic amines) is 1. The Morgan fingerprint density at radius 3 is 2.88 bits per heavy atom. The number of benzene rings is 1. The lowest BCUT2D eigenvalue weighted by Crippen LogP contribution is -2.55. The SMILES string of the molecule is C=CC(=O)N1CCN(c2nc(OCC3CCCN3C)nc(C[C@@H]3Cc4c(F)cccc4CO3)c2CC)CC1CC#N. The van der Waals surface area contributed by atoms with Gasteiger partial charge in [0, 0.05) is 44.1 Å². The van der Waals surface area contributed by atoms with Crippen molar-refractivity contribution < 1.29 is 18.7 Å². The fourth-order valence-electron chi connectivity index (χ4n) is 6.26. The smallest absolute Gasteiger partial charge is 0.318 e. The molecule has 3 aliphatic rings. The molecule has 0 saturated carbocycles. The van der Waals surface area contributed by atoms with Gasteiger partial charge in [0.15, 0.2) is 0 Å². The molecule has 0 spiro atoms. The Morgan fingerprint density at radius 1 is 1.29 bits per heavy atom. The molecule has 41 heavy (non-hydrogen) atoms. The molecule has 2 saturated heterocycles. The number of anilines is 1. The minimum Gasteiger partial charge on any atom is -0.462 e. The van der Waals surface area contributed by atoms with Crippen molar-refractivity contribution in [2.75, 3.05) is 44.7 Å². The highest BCUT2D eigenvalue weighted by molar-refractivity contribution is 5.87. The minimum absolute atomic E-state index is 0.171. The summed E-state index contributed by atoms with van der Waals surface area (Å²) in [5.41, 5.74) is 3.41. The Labute approximate surface area is 241 Å². The summed E-state index contributed by atoms with van der Waals surface area (Å²) in [5, 5.41) is 9.48. The van der Waals surface area contributed by atoms with Gasteiger partial charge < -0.3 is 24.2 Å². The van der Waals surface area contributed by atoms with E-state index in [2.05, 4.69) is 36.4 Å². The molecule has 218 valence electrons. The van der Waals surface area contributed by atoms with Gasteiger partial charge in [0.05, 0.1) is 36.9 Å². The lowest BCUT2D eigenvalue weighted by Gasteiger charge is -2.41. The number of amides is 1. The molecule has 2 fully saturated rings. The molecule has 0 N–H and O–H groups in total. The fraction of sp³-hybridized carbons (Fsp3) is 0.548. The topological polar surface area (TPSA) is 94.8 Å². The zero-order valence-electron chi connectivity index (χ0n) is 24.0. The molecular weight excluding hydrogens is 523 g/mol. The van der Waals surface area contributed by atoms with Crippen molar-refractivity contribution in [1.29, 1.82) is 5.26 Å². The number of hydrogen-bond acceptors (Lipinski definition) is 8. The number of nitriles is 1. The van der Waals surface area contributed by atoms with Crippen LogP contribution < -0.4 is 9.64 Å². The average Bonchev–Trinajstić information content (AvgIpc) is 3.40. The molecule has 3 aliphatic heterocycles. The highest BCUT2D eigenvalue weighted by atomic mass is 19.1. The molecule has 0 aliphatic carbocycles. The maximum atomic E-state index is 14.6. The summed E-state index contributed by atoms with van der Waals surface area (Å²) >= 11 is 0. The van der Waals surface area contributed by atoms with Crippen molar-refractivity contribution >= 4 is 11.7 Å². The Balaban J connectivity index is 1.45. The summed E-state index contributed by atoms with van der Waals surface area (Å²) in [5.74, 6) is 0.397. The molecule has 2 unspecified atom stereocenters. The van der Waals surface area contributed by atoms with Crippen LogP contribution in [0.4, 0.5) is 10.2 Å². The van der Waals surface area contributed by atoms with E-state index in [9.17, 15) is 14.4 Å². The second-order valence-electron chi connectivity index (χ2n) is 11.1. The van der Waals surface area contributed by atoms with Crippen LogP contribution in [-0.4, -0.2) is 83.7 Å². The van der Waals surface area contributed by atoms with E-state index in [1.807, 2.05) is 6.07 Å². The predicted octanol–water partition coefficient (Wildman–Crippen LogP) is 3.45. The number of nitrogens with zero attached hydrogens (tertiary/aromatic N) is 6. The number of carbonyl (C=O) groups excluding carboxylic acids is 1. The summed E-state index contributed by atoms with van der Waals surface area (Å²) in [6.45, 7) is 9.11. The third-order valence-electron chi connectivity index (χ3n) is 8.59. The predicted molar refractivity (Wildman–Crippen MR) is 153 cm³/mol. The first-order valence-electron chi connectivity index (χ1n) is 14.6. The third kappa shape index (κ3) is 6.36. The van der Waals surface area contributed by atoms with Gasteiger partial charge in [-0.2, -0.15) is 15.2 Å². The second kappa shape index (κ2) is 13.0. The number of hydrogen-bond donors (Lipinski definition) is 0. The van der Waals surface area contributed by atoms with Crippen LogP contribution in [0.15, 0.2) is 30.9 Å². The molecular formula is C31H39FN6O3. The van der Waals surface area contributed by atoms with Crippen molar-refractivity contribution in [2.45, 2.75) is 70.2 Å². The lowest BCUT2D eigenvalue weighted by molar-refractivity contribution is -0.128. The number of likely N-dealkylation sites (N-methyl/N-ethyl adjacent to an activating group) is 1. The van der Waals surface area contributed by atoms with Gasteiger partial charge in [0.1, 0.15) is 18.2 Å². The van der Waals surface area contributed by atoms with Crippen molar-refractivity contribution in [3.63, 3.8) is 0 Å². The van der Waals surface area contributed by atoms with Crippen molar-refractivity contribution in [3.05, 3.63) is 59.1 Å². The Morgan fingerprint density at radius 2 is 2.15 bits per heavy atom. The summed E-state index contributed by atoms with van der Waals surface area (Å²) in [4.78, 5) is 28.4. The number of ether oxygens (including phenoxy) is 2. The maximum absolute atomic E-state index is 14.6. The number of rotatable bonds is 9. The lowest BCUT2D eigenvalue weighted by atomic mass is 9.94. The van der Waals surface area contributed by atoms with Gasteiger partial charge in [-0.1, -0.05) is 25.6 Å². The largest absolute Gasteiger partial charge is 0.462 e. The summed E-state index contributed by atoms with van der Waals surface area (Å²) in [7, 11) is 2.11. The van der Waals surface area contributed by atoms with Crippen LogP contribution in [0.1, 0.15) is 48.6 Å². The van der Waals surface area contributed by atoms with Crippen LogP contribution in [0.3, 0.4) is 0 Å². The average molecular weight is 563 g/mol. The standard InChI is InChI=1S/C31H39FN6O3/c1-4-25-28(17-24-16-26-21(19-40-24)8-6-10-27(26)32)34-31(41-20-23-9-7-13-36(23)3)35-30(25)37-14-15-38(29(39)5-2)22(18-37)11-12-33/h5-6,8,10,22-24H,2,4,7,9,11,13-20H2,1,3H3/t22?,23?,24-/m0/s1. The molecule has 1 amide bonds. The van der Waals surface area contributed by atoms with Crippen molar-refractivity contribution in [1.82, 2.24) is 19.8 Å². The summed E-state index contributed by atoms with van der Waals surface area (Å²) in [6.07, 6.45) is 5.16. The van der Waals surface area contributed by atoms with Gasteiger partial charge in [-0.05, 0) is 56.1 Å². The van der Waals surface area contributed by atoms with E-state index in [0.717, 1.165) is 42.0 Å². The van der Waals surface area contributed by atoms with Crippen LogP contribution in [0.25, 0.3) is 0 Å². The van der Waals surface area contributed by atoms with Crippen LogP contribution in [0, 0.1) is 17.1 Å². The minimum atomic E-state index is -0.278. The summed E-state index contributed by atoms with van der Waals surface area (Å²) < 4.78 is 27.0. The van der Waals surface area contributed by atoms with Gasteiger partial charge in [0.2, 0.25) is 5.91 Å². The van der Waals surface area contributed by atoms with E-state index in [-0.39, 0.29) is 30.3 Å². The van der Waals surface area contributed by atoms with Crippen LogP contribution >= 0.6 is 0 Å². The van der Waals surface area contributed by atoms with Crippen molar-refractivity contribution in [3.8, 4) is 12.1 Å². The van der Waals surface area contributed by atoms with E-state index in [0.29, 0.717) is 69.7 Å². The number of halogens is 1. The van der Waals surface area contributed by atoms with E-state index in [4.69, 9.17) is 19.4 Å². The molecule has 9 nitrogen and oxygen atoms in total. The highest BCUT2D eigenvalue weighted by Gasteiger charge is 2.33. The molecule has 2 aromatic rings. The van der Waals surface area contributed by atoms with Gasteiger partial charge in [-0.15, -0.1) is 0 Å². The number of fused-ring (bicyclic) bond motifs is 1. The van der Waals surface area contributed by atoms with E-state index in [1.165, 1.54) is 12.1 Å². The zero-order valence-corrected chi connectivity index (χ0v) is 24.0. The van der Waals surface area contributed by atoms with E-state index in [1.54, 1.807) is 11.0 Å². The number of aromatic nitrogens is 2. The maximum Gasteiger partial charge on any atom is 0.318 e. The van der Waals surface area contributed by atoms with E-state index >= 15 is 0 Å². The van der Waals surface area contributed by atoms with Gasteiger partial charge in [-0.25, -0.2) is 4.39 Å². The molecule has 3 atom stereocenters. The summed E-state index contributed by atoms with van der Waals surface area (Å²) in [6, 6.07) is 7.71. The molecule has 0 bridgehead atoms.